The third-order valence-corrected chi connectivity index (χ3v) is 2.16. The van der Waals surface area contributed by atoms with Gasteiger partial charge < -0.3 is 15.0 Å². The number of aromatic nitrogens is 3. The summed E-state index contributed by atoms with van der Waals surface area (Å²) in [7, 11) is 3.69. The molecule has 0 aliphatic rings. The fourth-order valence-electron chi connectivity index (χ4n) is 1.20. The molecule has 1 heterocycles. The first-order valence-corrected chi connectivity index (χ1v) is 5.85. The van der Waals surface area contributed by atoms with Gasteiger partial charge in [-0.3, -0.25) is 0 Å². The van der Waals surface area contributed by atoms with Crippen LogP contribution in [-0.4, -0.2) is 48.3 Å². The van der Waals surface area contributed by atoms with Crippen molar-refractivity contribution in [3.63, 3.8) is 0 Å². The van der Waals surface area contributed by atoms with Crippen molar-refractivity contribution < 1.29 is 4.74 Å². The lowest BCUT2D eigenvalue weighted by atomic mass is 10.4. The molecule has 6 nitrogen and oxygen atoms in total. The van der Waals surface area contributed by atoms with Gasteiger partial charge >= 0.3 is 0 Å². The average molecular weight is 260 g/mol. The first-order chi connectivity index (χ1) is 8.02. The van der Waals surface area contributed by atoms with Crippen LogP contribution in [0.15, 0.2) is 0 Å². The van der Waals surface area contributed by atoms with Gasteiger partial charge in [-0.15, -0.1) is 0 Å². The number of nitrogens with zero attached hydrogens (tertiary/aromatic N) is 4. The molecule has 7 heteroatoms. The average Bonchev–Trinajstić information content (AvgIpc) is 2.26. The molecule has 0 radical (unpaired) electrons. The van der Waals surface area contributed by atoms with Crippen molar-refractivity contribution in [3.05, 3.63) is 5.28 Å². The highest BCUT2D eigenvalue weighted by atomic mass is 35.5. The summed E-state index contributed by atoms with van der Waals surface area (Å²) in [6.07, 6.45) is 0.0957. The molecule has 0 aliphatic carbocycles. The first kappa shape index (κ1) is 13.9. The lowest BCUT2D eigenvalue weighted by Gasteiger charge is -2.14. The van der Waals surface area contributed by atoms with Gasteiger partial charge in [0.1, 0.15) is 0 Å². The maximum absolute atomic E-state index is 5.81. The van der Waals surface area contributed by atoms with Crippen molar-refractivity contribution in [2.75, 3.05) is 37.5 Å². The van der Waals surface area contributed by atoms with Crippen LogP contribution in [0.2, 0.25) is 5.28 Å². The molecular weight excluding hydrogens is 242 g/mol. The molecule has 1 rings (SSSR count). The minimum atomic E-state index is 0.0957. The van der Waals surface area contributed by atoms with E-state index in [9.17, 15) is 0 Å². The van der Waals surface area contributed by atoms with Gasteiger partial charge in [0.2, 0.25) is 17.2 Å². The summed E-state index contributed by atoms with van der Waals surface area (Å²) >= 11 is 5.81. The second-order valence-corrected chi connectivity index (χ2v) is 4.11. The van der Waals surface area contributed by atoms with E-state index in [-0.39, 0.29) is 11.4 Å². The summed E-state index contributed by atoms with van der Waals surface area (Å²) in [5.74, 6) is 0.983. The van der Waals surface area contributed by atoms with Crippen molar-refractivity contribution >= 4 is 23.5 Å². The minimum absolute atomic E-state index is 0.0957. The fraction of sp³-hybridized carbons (Fsp3) is 0.700. The Morgan fingerprint density at radius 1 is 1.35 bits per heavy atom. The molecule has 0 saturated carbocycles. The molecule has 0 aliphatic heterocycles. The Kier molecular flexibility index (Phi) is 5.37. The molecule has 0 aromatic carbocycles. The van der Waals surface area contributed by atoms with Gasteiger partial charge in [0, 0.05) is 27.2 Å². The molecule has 1 N–H and O–H groups in total. The number of anilines is 2. The van der Waals surface area contributed by atoms with E-state index in [0.29, 0.717) is 25.0 Å². The Bertz CT molecular complexity index is 361. The van der Waals surface area contributed by atoms with Gasteiger partial charge in [-0.1, -0.05) is 0 Å². The standard InChI is InChI=1S/C10H18ClN5O/c1-5-17-7(2)6-12-9-13-8(11)14-10(15-9)16(3)4/h7H,5-6H2,1-4H3,(H,12,13,14,15). The van der Waals surface area contributed by atoms with E-state index < -0.39 is 0 Å². The third kappa shape index (κ3) is 4.70. The summed E-state index contributed by atoms with van der Waals surface area (Å²) in [6.45, 7) is 5.25. The van der Waals surface area contributed by atoms with Crippen LogP contribution in [-0.2, 0) is 4.74 Å². The Balaban J connectivity index is 2.64. The molecule has 1 aromatic heterocycles. The molecule has 0 bridgehead atoms. The second kappa shape index (κ2) is 6.56. The smallest absolute Gasteiger partial charge is 0.230 e. The Hall–Kier alpha value is -1.14. The number of hydrogen-bond donors (Lipinski definition) is 1. The van der Waals surface area contributed by atoms with E-state index in [1.165, 1.54) is 0 Å². The van der Waals surface area contributed by atoms with Crippen LogP contribution in [0.5, 0.6) is 0 Å². The number of nitrogens with one attached hydrogen (secondary N) is 1. The predicted molar refractivity (Wildman–Crippen MR) is 68.7 cm³/mol. The molecule has 0 saturated heterocycles. The quantitative estimate of drug-likeness (QED) is 0.834. The van der Waals surface area contributed by atoms with Gasteiger partial charge in [-0.2, -0.15) is 15.0 Å². The van der Waals surface area contributed by atoms with Crippen LogP contribution in [0.1, 0.15) is 13.8 Å². The van der Waals surface area contributed by atoms with E-state index in [2.05, 4.69) is 20.3 Å². The van der Waals surface area contributed by atoms with E-state index in [1.807, 2.05) is 27.9 Å². The van der Waals surface area contributed by atoms with Crippen LogP contribution in [0.25, 0.3) is 0 Å². The van der Waals surface area contributed by atoms with Crippen molar-refractivity contribution in [3.8, 4) is 0 Å². The summed E-state index contributed by atoms with van der Waals surface area (Å²) in [4.78, 5) is 14.0. The summed E-state index contributed by atoms with van der Waals surface area (Å²) in [6, 6.07) is 0. The zero-order valence-corrected chi connectivity index (χ0v) is 11.3. The van der Waals surface area contributed by atoms with Crippen LogP contribution < -0.4 is 10.2 Å². The minimum Gasteiger partial charge on any atom is -0.377 e. The van der Waals surface area contributed by atoms with E-state index in [4.69, 9.17) is 16.3 Å². The van der Waals surface area contributed by atoms with Crippen LogP contribution in [0.4, 0.5) is 11.9 Å². The van der Waals surface area contributed by atoms with E-state index in [1.54, 1.807) is 4.90 Å². The lowest BCUT2D eigenvalue weighted by molar-refractivity contribution is 0.0854. The van der Waals surface area contributed by atoms with Gasteiger partial charge in [-0.05, 0) is 25.4 Å². The van der Waals surface area contributed by atoms with Gasteiger partial charge in [0.25, 0.3) is 0 Å². The number of hydrogen-bond acceptors (Lipinski definition) is 6. The van der Waals surface area contributed by atoms with Crippen molar-refractivity contribution in [1.29, 1.82) is 0 Å². The predicted octanol–water partition coefficient (Wildman–Crippen LogP) is 1.43. The monoisotopic (exact) mass is 259 g/mol. The Morgan fingerprint density at radius 3 is 2.65 bits per heavy atom. The van der Waals surface area contributed by atoms with Crippen LogP contribution in [0, 0.1) is 0 Å². The van der Waals surface area contributed by atoms with Crippen molar-refractivity contribution in [1.82, 2.24) is 15.0 Å². The van der Waals surface area contributed by atoms with E-state index in [0.717, 1.165) is 0 Å². The number of rotatable bonds is 6. The van der Waals surface area contributed by atoms with Crippen LogP contribution in [0.3, 0.4) is 0 Å². The first-order valence-electron chi connectivity index (χ1n) is 5.47. The highest BCUT2D eigenvalue weighted by molar-refractivity contribution is 6.28. The Morgan fingerprint density at radius 2 is 2.06 bits per heavy atom. The lowest BCUT2D eigenvalue weighted by Crippen LogP contribution is -2.22. The molecule has 0 amide bonds. The third-order valence-electron chi connectivity index (χ3n) is 2.00. The van der Waals surface area contributed by atoms with E-state index >= 15 is 0 Å². The summed E-state index contributed by atoms with van der Waals surface area (Å²) in [5.41, 5.74) is 0. The second-order valence-electron chi connectivity index (χ2n) is 3.77. The number of ether oxygens (including phenoxy) is 1. The molecule has 17 heavy (non-hydrogen) atoms. The fourth-order valence-corrected chi connectivity index (χ4v) is 1.35. The van der Waals surface area contributed by atoms with Crippen LogP contribution >= 0.6 is 11.6 Å². The maximum Gasteiger partial charge on any atom is 0.230 e. The molecule has 96 valence electrons. The van der Waals surface area contributed by atoms with Crippen molar-refractivity contribution in [2.24, 2.45) is 0 Å². The molecule has 1 atom stereocenters. The normalized spacial score (nSPS) is 12.3. The van der Waals surface area contributed by atoms with Gasteiger partial charge in [0.15, 0.2) is 0 Å². The SMILES string of the molecule is CCOC(C)CNc1nc(Cl)nc(N(C)C)n1. The largest absolute Gasteiger partial charge is 0.377 e. The highest BCUT2D eigenvalue weighted by Crippen LogP contribution is 2.11. The Labute approximate surface area is 106 Å². The molecular formula is C10H18ClN5O. The molecule has 1 aromatic rings. The topological polar surface area (TPSA) is 63.2 Å². The molecule has 1 unspecified atom stereocenters. The highest BCUT2D eigenvalue weighted by Gasteiger charge is 2.07. The summed E-state index contributed by atoms with van der Waals surface area (Å²) < 4.78 is 5.39. The molecule has 0 fully saturated rings. The number of halogens is 1. The zero-order valence-electron chi connectivity index (χ0n) is 10.6. The van der Waals surface area contributed by atoms with Gasteiger partial charge in [0.05, 0.1) is 6.10 Å². The zero-order chi connectivity index (χ0) is 12.8. The van der Waals surface area contributed by atoms with Gasteiger partial charge in [-0.25, -0.2) is 0 Å². The summed E-state index contributed by atoms with van der Waals surface area (Å²) in [5, 5.41) is 3.24. The molecule has 0 spiro atoms. The maximum atomic E-state index is 5.81. The van der Waals surface area contributed by atoms with Crippen molar-refractivity contribution in [2.45, 2.75) is 20.0 Å².